The van der Waals surface area contributed by atoms with Crippen molar-refractivity contribution in [2.24, 2.45) is 17.1 Å². The number of aromatic nitrogens is 1. The standard InChI is InChI=1S/C28H25N3O4/c29-27(33)28(16-23(28)26(32)31-34)15-18-10-12-21(13-11-18)35-17-20-14-25(19-6-2-1-3-7-19)30-24-9-5-4-8-22(20)24/h1-14,23,34H,15-17H2,(H2,29,33)(H,31,32)/t23?,28-/m0/s1. The van der Waals surface area contributed by atoms with Crippen LogP contribution in [0.4, 0.5) is 0 Å². The van der Waals surface area contributed by atoms with Crippen LogP contribution in [0.1, 0.15) is 17.5 Å². The first-order valence-corrected chi connectivity index (χ1v) is 11.4. The van der Waals surface area contributed by atoms with Crippen LogP contribution in [-0.4, -0.2) is 22.0 Å². The summed E-state index contributed by atoms with van der Waals surface area (Å²) in [4.78, 5) is 28.6. The van der Waals surface area contributed by atoms with Gasteiger partial charge in [0.25, 0.3) is 0 Å². The van der Waals surface area contributed by atoms with Crippen LogP contribution in [-0.2, 0) is 22.6 Å². The molecule has 0 bridgehead atoms. The van der Waals surface area contributed by atoms with Crippen molar-refractivity contribution >= 4 is 22.7 Å². The summed E-state index contributed by atoms with van der Waals surface area (Å²) >= 11 is 0. The molecule has 1 saturated carbocycles. The molecule has 1 aliphatic rings. The van der Waals surface area contributed by atoms with Gasteiger partial charge in [-0.05, 0) is 42.7 Å². The van der Waals surface area contributed by atoms with E-state index in [-0.39, 0.29) is 0 Å². The number of fused-ring (bicyclic) bond motifs is 1. The van der Waals surface area contributed by atoms with E-state index in [9.17, 15) is 9.59 Å². The van der Waals surface area contributed by atoms with Gasteiger partial charge in [0.2, 0.25) is 11.8 Å². The summed E-state index contributed by atoms with van der Waals surface area (Å²) < 4.78 is 6.10. The lowest BCUT2D eigenvalue weighted by atomic mass is 9.93. The van der Waals surface area contributed by atoms with E-state index < -0.39 is 23.1 Å². The molecule has 2 atom stereocenters. The average molecular weight is 468 g/mol. The van der Waals surface area contributed by atoms with Gasteiger partial charge in [0.1, 0.15) is 12.4 Å². The molecule has 4 aromatic rings. The molecule has 5 rings (SSSR count). The Kier molecular flexibility index (Phi) is 5.93. The average Bonchev–Trinajstić information content (AvgIpc) is 3.63. The molecule has 176 valence electrons. The fourth-order valence-electron chi connectivity index (χ4n) is 4.63. The summed E-state index contributed by atoms with van der Waals surface area (Å²) in [7, 11) is 0. The molecule has 2 amide bonds. The number of pyridine rings is 1. The number of carbonyl (C=O) groups is 2. The number of nitrogens with one attached hydrogen (secondary N) is 1. The Morgan fingerprint density at radius 1 is 1.03 bits per heavy atom. The fourth-order valence-corrected chi connectivity index (χ4v) is 4.63. The lowest BCUT2D eigenvalue weighted by molar-refractivity contribution is -0.134. The maximum absolute atomic E-state index is 12.0. The maximum atomic E-state index is 12.0. The minimum Gasteiger partial charge on any atom is -0.489 e. The van der Waals surface area contributed by atoms with Gasteiger partial charge < -0.3 is 10.5 Å². The minimum atomic E-state index is -0.959. The van der Waals surface area contributed by atoms with Gasteiger partial charge >= 0.3 is 0 Å². The van der Waals surface area contributed by atoms with E-state index in [0.717, 1.165) is 33.3 Å². The number of amides is 2. The quantitative estimate of drug-likeness (QED) is 0.267. The highest BCUT2D eigenvalue weighted by molar-refractivity contribution is 5.95. The van der Waals surface area contributed by atoms with Crippen molar-refractivity contribution in [3.8, 4) is 17.0 Å². The van der Waals surface area contributed by atoms with Crippen LogP contribution in [0.25, 0.3) is 22.2 Å². The zero-order valence-electron chi connectivity index (χ0n) is 19.0. The first-order valence-electron chi connectivity index (χ1n) is 11.4. The summed E-state index contributed by atoms with van der Waals surface area (Å²) in [6.45, 7) is 0.367. The maximum Gasteiger partial charge on any atom is 0.247 e. The van der Waals surface area contributed by atoms with Crippen LogP contribution in [0.15, 0.2) is 84.9 Å². The molecule has 35 heavy (non-hydrogen) atoms. The number of carbonyl (C=O) groups excluding carboxylic acids is 2. The summed E-state index contributed by atoms with van der Waals surface area (Å²) in [5, 5.41) is 9.93. The number of hydrogen-bond donors (Lipinski definition) is 3. The normalized spacial score (nSPS) is 18.7. The van der Waals surface area contributed by atoms with Gasteiger partial charge in [-0.25, -0.2) is 10.5 Å². The molecule has 1 aromatic heterocycles. The number of benzene rings is 3. The van der Waals surface area contributed by atoms with E-state index in [1.807, 2.05) is 78.9 Å². The Labute approximate surface area is 202 Å². The summed E-state index contributed by atoms with van der Waals surface area (Å²) in [6, 6.07) is 27.5. The molecule has 4 N–H and O–H groups in total. The van der Waals surface area contributed by atoms with Crippen molar-refractivity contribution in [2.45, 2.75) is 19.4 Å². The zero-order valence-corrected chi connectivity index (χ0v) is 19.0. The molecule has 3 aromatic carbocycles. The third-order valence-electron chi connectivity index (χ3n) is 6.70. The Bertz CT molecular complexity index is 1390. The van der Waals surface area contributed by atoms with Crippen molar-refractivity contribution in [1.82, 2.24) is 10.5 Å². The van der Waals surface area contributed by atoms with Crippen LogP contribution in [0.2, 0.25) is 0 Å². The molecule has 0 saturated heterocycles. The van der Waals surface area contributed by atoms with Gasteiger partial charge in [-0.1, -0.05) is 60.7 Å². The number of ether oxygens (including phenoxy) is 1. The Balaban J connectivity index is 1.33. The molecule has 0 radical (unpaired) electrons. The number of rotatable bonds is 8. The molecule has 0 spiro atoms. The molecule has 1 unspecified atom stereocenters. The third kappa shape index (κ3) is 4.46. The van der Waals surface area contributed by atoms with Gasteiger partial charge in [-0.2, -0.15) is 0 Å². The number of hydrogen-bond acceptors (Lipinski definition) is 5. The monoisotopic (exact) mass is 467 g/mol. The minimum absolute atomic E-state index is 0.325. The molecular formula is C28H25N3O4. The number of nitrogens with zero attached hydrogens (tertiary/aromatic N) is 1. The largest absolute Gasteiger partial charge is 0.489 e. The van der Waals surface area contributed by atoms with Gasteiger partial charge in [0.15, 0.2) is 0 Å². The molecular weight excluding hydrogens is 442 g/mol. The predicted octanol–water partition coefficient (Wildman–Crippen LogP) is 4.02. The second-order valence-electron chi connectivity index (χ2n) is 8.91. The van der Waals surface area contributed by atoms with E-state index in [0.29, 0.717) is 25.2 Å². The van der Waals surface area contributed by atoms with Crippen LogP contribution in [0, 0.1) is 11.3 Å². The first kappa shape index (κ1) is 22.6. The van der Waals surface area contributed by atoms with Crippen LogP contribution >= 0.6 is 0 Å². The van der Waals surface area contributed by atoms with E-state index >= 15 is 0 Å². The fraction of sp³-hybridized carbons (Fsp3) is 0.179. The predicted molar refractivity (Wildman–Crippen MR) is 131 cm³/mol. The lowest BCUT2D eigenvalue weighted by Crippen LogP contribution is -2.33. The van der Waals surface area contributed by atoms with Crippen molar-refractivity contribution in [2.75, 3.05) is 0 Å². The molecule has 1 aliphatic carbocycles. The summed E-state index contributed by atoms with van der Waals surface area (Å²) in [5.41, 5.74) is 11.0. The SMILES string of the molecule is NC(=O)[C@@]1(Cc2ccc(OCc3cc(-c4ccccc4)nc4ccccc34)cc2)CC1C(=O)NO. The van der Waals surface area contributed by atoms with Gasteiger partial charge in [-0.3, -0.25) is 14.8 Å². The second-order valence-corrected chi connectivity index (χ2v) is 8.91. The van der Waals surface area contributed by atoms with E-state index in [1.54, 1.807) is 5.48 Å². The number of primary amides is 1. The van der Waals surface area contributed by atoms with Crippen LogP contribution in [0.3, 0.4) is 0 Å². The van der Waals surface area contributed by atoms with Gasteiger partial charge in [-0.15, -0.1) is 0 Å². The smallest absolute Gasteiger partial charge is 0.247 e. The van der Waals surface area contributed by atoms with Crippen molar-refractivity contribution in [1.29, 1.82) is 0 Å². The number of nitrogens with two attached hydrogens (primary N) is 1. The van der Waals surface area contributed by atoms with E-state index in [1.165, 1.54) is 0 Å². The van der Waals surface area contributed by atoms with Crippen LogP contribution < -0.4 is 16.0 Å². The Hall–Kier alpha value is -4.23. The Morgan fingerprint density at radius 3 is 2.46 bits per heavy atom. The van der Waals surface area contributed by atoms with Crippen molar-refractivity contribution < 1.29 is 19.5 Å². The zero-order chi connectivity index (χ0) is 24.4. The summed E-state index contributed by atoms with van der Waals surface area (Å²) in [6.07, 6.45) is 0.655. The topological polar surface area (TPSA) is 115 Å². The van der Waals surface area contributed by atoms with Crippen molar-refractivity contribution in [3.63, 3.8) is 0 Å². The highest BCUT2D eigenvalue weighted by atomic mass is 16.5. The first-order chi connectivity index (χ1) is 17.0. The molecule has 7 heteroatoms. The van der Waals surface area contributed by atoms with E-state index in [4.69, 9.17) is 20.7 Å². The summed E-state index contributed by atoms with van der Waals surface area (Å²) in [5.74, 6) is -1.04. The van der Waals surface area contributed by atoms with Crippen molar-refractivity contribution in [3.05, 3.63) is 96.1 Å². The van der Waals surface area contributed by atoms with E-state index in [2.05, 4.69) is 6.07 Å². The van der Waals surface area contributed by atoms with Crippen LogP contribution in [0.5, 0.6) is 5.75 Å². The molecule has 1 fully saturated rings. The van der Waals surface area contributed by atoms with Gasteiger partial charge in [0, 0.05) is 16.5 Å². The Morgan fingerprint density at radius 2 is 1.74 bits per heavy atom. The number of para-hydroxylation sites is 1. The highest BCUT2D eigenvalue weighted by Crippen LogP contribution is 2.54. The molecule has 7 nitrogen and oxygen atoms in total. The second kappa shape index (κ2) is 9.19. The molecule has 1 heterocycles. The lowest BCUT2D eigenvalue weighted by Gasteiger charge is -2.14. The molecule has 0 aliphatic heterocycles. The number of hydroxylamine groups is 1. The van der Waals surface area contributed by atoms with Gasteiger partial charge in [0.05, 0.1) is 22.5 Å². The highest BCUT2D eigenvalue weighted by Gasteiger charge is 2.62. The third-order valence-corrected chi connectivity index (χ3v) is 6.70.